The predicted octanol–water partition coefficient (Wildman–Crippen LogP) is 1.38. The molecule has 0 aromatic heterocycles. The Labute approximate surface area is 82.7 Å². The number of rotatable bonds is 3. The highest BCUT2D eigenvalue weighted by molar-refractivity contribution is 5.48. The van der Waals surface area contributed by atoms with Gasteiger partial charge in [0.1, 0.15) is 6.61 Å². The Kier molecular flexibility index (Phi) is 2.85. The van der Waals surface area contributed by atoms with Crippen molar-refractivity contribution in [1.29, 1.82) is 0 Å². The highest BCUT2D eigenvalue weighted by Crippen LogP contribution is 2.34. The first-order valence-electron chi connectivity index (χ1n) is 3.85. The first-order chi connectivity index (χ1) is 6.88. The minimum absolute atomic E-state index is 0.533. The molecule has 0 saturated carbocycles. The van der Waals surface area contributed by atoms with Crippen molar-refractivity contribution in [3.05, 3.63) is 33.9 Å². The zero-order valence-electron chi connectivity index (χ0n) is 7.35. The van der Waals surface area contributed by atoms with E-state index in [9.17, 15) is 18.9 Å². The Hall–Kier alpha value is -1.76. The molecule has 0 bridgehead atoms. The van der Waals surface area contributed by atoms with Gasteiger partial charge in [-0.05, 0) is 12.1 Å². The molecule has 0 aliphatic rings. The van der Waals surface area contributed by atoms with E-state index in [0.717, 1.165) is 12.1 Å². The molecule has 7 heteroatoms. The maximum absolute atomic E-state index is 12.9. The summed E-state index contributed by atoms with van der Waals surface area (Å²) in [7, 11) is 0. The number of hydrogen-bond acceptors (Lipinski definition) is 4. The van der Waals surface area contributed by atoms with Crippen molar-refractivity contribution in [1.82, 2.24) is 0 Å². The third-order valence-electron chi connectivity index (χ3n) is 1.79. The van der Waals surface area contributed by atoms with Crippen LogP contribution in [0.2, 0.25) is 0 Å². The summed E-state index contributed by atoms with van der Waals surface area (Å²) in [6, 6.07) is 2.14. The quantitative estimate of drug-likeness (QED) is 0.594. The van der Waals surface area contributed by atoms with E-state index >= 15 is 0 Å². The van der Waals surface area contributed by atoms with Crippen LogP contribution in [0.1, 0.15) is 5.56 Å². The molecule has 15 heavy (non-hydrogen) atoms. The summed E-state index contributed by atoms with van der Waals surface area (Å²) in [5.74, 6) is -4.25. The first-order valence-corrected chi connectivity index (χ1v) is 3.85. The van der Waals surface area contributed by atoms with E-state index in [-0.39, 0.29) is 0 Å². The molecule has 0 aliphatic carbocycles. The summed E-state index contributed by atoms with van der Waals surface area (Å²) in [4.78, 5) is 9.35. The Balaban J connectivity index is 3.25. The van der Waals surface area contributed by atoms with Crippen molar-refractivity contribution in [2.24, 2.45) is 0 Å². The number of halogens is 2. The zero-order valence-corrected chi connectivity index (χ0v) is 7.35. The highest BCUT2D eigenvalue weighted by Gasteiger charge is 2.32. The van der Waals surface area contributed by atoms with Crippen LogP contribution in [0.15, 0.2) is 18.2 Å². The van der Waals surface area contributed by atoms with E-state index in [1.165, 1.54) is 0 Å². The molecule has 1 aromatic rings. The lowest BCUT2D eigenvalue weighted by Gasteiger charge is -2.12. The molecule has 5 nitrogen and oxygen atoms in total. The third kappa shape index (κ3) is 2.18. The fourth-order valence-electron chi connectivity index (χ4n) is 0.988. The standard InChI is InChI=1S/C8H7F2NO4/c9-8(10,4-12)5-1-2-7(13)6(3-5)11(14)15/h1-3,12-13H,4H2. The molecule has 82 valence electrons. The van der Waals surface area contributed by atoms with Crippen molar-refractivity contribution >= 4 is 5.69 Å². The molecule has 0 spiro atoms. The second-order valence-electron chi connectivity index (χ2n) is 2.82. The number of nitro groups is 1. The van der Waals surface area contributed by atoms with Crippen molar-refractivity contribution in [2.45, 2.75) is 5.92 Å². The topological polar surface area (TPSA) is 83.6 Å². The number of aliphatic hydroxyl groups excluding tert-OH is 1. The van der Waals surface area contributed by atoms with Gasteiger partial charge >= 0.3 is 5.69 Å². The van der Waals surface area contributed by atoms with Gasteiger partial charge in [-0.3, -0.25) is 10.1 Å². The SMILES string of the molecule is O=[N+]([O-])c1cc(C(F)(F)CO)ccc1O. The number of hydrogen-bond donors (Lipinski definition) is 2. The van der Waals surface area contributed by atoms with Gasteiger partial charge in [-0.2, -0.15) is 8.78 Å². The summed E-state index contributed by atoms with van der Waals surface area (Å²) in [5.41, 5.74) is -1.53. The number of aliphatic hydroxyl groups is 1. The van der Waals surface area contributed by atoms with E-state index in [0.29, 0.717) is 6.07 Å². The number of nitro benzene ring substituents is 1. The van der Waals surface area contributed by atoms with Gasteiger partial charge in [0.25, 0.3) is 5.92 Å². The van der Waals surface area contributed by atoms with Crippen LogP contribution in [0.3, 0.4) is 0 Å². The van der Waals surface area contributed by atoms with Gasteiger partial charge in [-0.1, -0.05) is 0 Å². The summed E-state index contributed by atoms with van der Waals surface area (Å²) in [6.07, 6.45) is 0. The smallest absolute Gasteiger partial charge is 0.311 e. The Morgan fingerprint density at radius 3 is 2.53 bits per heavy atom. The number of phenols is 1. The highest BCUT2D eigenvalue weighted by atomic mass is 19.3. The van der Waals surface area contributed by atoms with Crippen LogP contribution in [0.5, 0.6) is 5.75 Å². The average Bonchev–Trinajstić information content (AvgIpc) is 2.17. The lowest BCUT2D eigenvalue weighted by atomic mass is 10.1. The Morgan fingerprint density at radius 1 is 1.47 bits per heavy atom. The first kappa shape index (κ1) is 11.3. The van der Waals surface area contributed by atoms with E-state index < -0.39 is 34.5 Å². The van der Waals surface area contributed by atoms with Crippen LogP contribution in [0.25, 0.3) is 0 Å². The summed E-state index contributed by atoms with van der Waals surface area (Å²) in [5, 5.41) is 27.7. The van der Waals surface area contributed by atoms with Gasteiger partial charge in [-0.25, -0.2) is 0 Å². The zero-order chi connectivity index (χ0) is 11.6. The molecule has 0 atom stereocenters. The van der Waals surface area contributed by atoms with Crippen molar-refractivity contribution in [3.8, 4) is 5.75 Å². The Morgan fingerprint density at radius 2 is 2.07 bits per heavy atom. The largest absolute Gasteiger partial charge is 0.502 e. The maximum Gasteiger partial charge on any atom is 0.311 e. The minimum atomic E-state index is -3.56. The van der Waals surface area contributed by atoms with Crippen LogP contribution < -0.4 is 0 Å². The van der Waals surface area contributed by atoms with Gasteiger partial charge < -0.3 is 10.2 Å². The van der Waals surface area contributed by atoms with Gasteiger partial charge in [0.2, 0.25) is 0 Å². The van der Waals surface area contributed by atoms with Crippen LogP contribution in [0.4, 0.5) is 14.5 Å². The van der Waals surface area contributed by atoms with Crippen LogP contribution in [0, 0.1) is 10.1 Å². The molecule has 0 amide bonds. The van der Waals surface area contributed by atoms with Gasteiger partial charge in [0.05, 0.1) is 4.92 Å². The average molecular weight is 219 g/mol. The number of nitrogens with zero attached hydrogens (tertiary/aromatic N) is 1. The number of aromatic hydroxyl groups is 1. The molecular weight excluding hydrogens is 212 g/mol. The molecule has 2 N–H and O–H groups in total. The number of alkyl halides is 2. The van der Waals surface area contributed by atoms with E-state index in [1.807, 2.05) is 0 Å². The lowest BCUT2D eigenvalue weighted by Crippen LogP contribution is -2.18. The second kappa shape index (κ2) is 3.77. The van der Waals surface area contributed by atoms with Gasteiger partial charge in [0, 0.05) is 11.6 Å². The molecule has 0 radical (unpaired) electrons. The summed E-state index contributed by atoms with van der Waals surface area (Å²) >= 11 is 0. The maximum atomic E-state index is 12.9. The van der Waals surface area contributed by atoms with E-state index in [2.05, 4.69) is 0 Å². The van der Waals surface area contributed by atoms with Crippen molar-refractivity contribution < 1.29 is 23.9 Å². The normalized spacial score (nSPS) is 11.4. The van der Waals surface area contributed by atoms with Crippen molar-refractivity contribution in [2.75, 3.05) is 6.61 Å². The summed E-state index contributed by atoms with van der Waals surface area (Å²) in [6.45, 7) is -1.45. The molecular formula is C8H7F2NO4. The van der Waals surface area contributed by atoms with Gasteiger partial charge in [-0.15, -0.1) is 0 Å². The van der Waals surface area contributed by atoms with Crippen LogP contribution in [-0.4, -0.2) is 21.7 Å². The second-order valence-corrected chi connectivity index (χ2v) is 2.82. The fraction of sp³-hybridized carbons (Fsp3) is 0.250. The third-order valence-corrected chi connectivity index (χ3v) is 1.79. The predicted molar refractivity (Wildman–Crippen MR) is 45.7 cm³/mol. The minimum Gasteiger partial charge on any atom is -0.502 e. The molecule has 1 aromatic carbocycles. The number of benzene rings is 1. The fourth-order valence-corrected chi connectivity index (χ4v) is 0.988. The Bertz CT molecular complexity index is 394. The van der Waals surface area contributed by atoms with Gasteiger partial charge in [0.15, 0.2) is 5.75 Å². The van der Waals surface area contributed by atoms with Crippen LogP contribution in [-0.2, 0) is 5.92 Å². The van der Waals surface area contributed by atoms with E-state index in [1.54, 1.807) is 0 Å². The number of phenolic OH excluding ortho intramolecular Hbond substituents is 1. The van der Waals surface area contributed by atoms with Crippen LogP contribution >= 0.6 is 0 Å². The lowest BCUT2D eigenvalue weighted by molar-refractivity contribution is -0.386. The van der Waals surface area contributed by atoms with E-state index in [4.69, 9.17) is 10.2 Å². The molecule has 0 aliphatic heterocycles. The molecule has 0 heterocycles. The monoisotopic (exact) mass is 219 g/mol. The van der Waals surface area contributed by atoms with Crippen molar-refractivity contribution in [3.63, 3.8) is 0 Å². The molecule has 0 unspecified atom stereocenters. The molecule has 0 fully saturated rings. The molecule has 0 saturated heterocycles. The molecule has 1 rings (SSSR count). The summed E-state index contributed by atoms with van der Waals surface area (Å²) < 4.78 is 25.8.